The average Bonchev–Trinajstić information content (AvgIpc) is 3.53. The van der Waals surface area contributed by atoms with Crippen molar-refractivity contribution in [1.29, 1.82) is 0 Å². The van der Waals surface area contributed by atoms with Crippen LogP contribution < -0.4 is 10.2 Å². The van der Waals surface area contributed by atoms with Crippen molar-refractivity contribution in [3.8, 4) is 0 Å². The maximum atomic E-state index is 13.3. The normalized spacial score (nSPS) is 13.1. The molecule has 5 aromatic rings. The number of thiophene rings is 1. The van der Waals surface area contributed by atoms with Crippen LogP contribution in [0, 0.1) is 0 Å². The second kappa shape index (κ2) is 9.56. The summed E-state index contributed by atoms with van der Waals surface area (Å²) < 4.78 is 5.99. The Morgan fingerprint density at radius 1 is 1.06 bits per heavy atom. The lowest BCUT2D eigenvalue weighted by atomic mass is 10.1. The predicted octanol–water partition coefficient (Wildman–Crippen LogP) is 6.39. The van der Waals surface area contributed by atoms with Gasteiger partial charge in [0, 0.05) is 58.4 Å². The Morgan fingerprint density at radius 3 is 2.74 bits per heavy atom. The fourth-order valence-corrected chi connectivity index (χ4v) is 6.05. The zero-order valence-corrected chi connectivity index (χ0v) is 20.4. The zero-order chi connectivity index (χ0) is 23.6. The molecule has 0 spiro atoms. The van der Waals surface area contributed by atoms with Crippen LogP contribution >= 0.6 is 23.1 Å². The van der Waals surface area contributed by atoms with Gasteiger partial charge in [0.15, 0.2) is 10.9 Å². The molecule has 35 heavy (non-hydrogen) atoms. The van der Waals surface area contributed by atoms with Gasteiger partial charge in [-0.2, -0.15) is 0 Å². The number of carbonyl (C=O) groups excluding carboxylic acids is 1. The van der Waals surface area contributed by atoms with E-state index in [1.54, 1.807) is 18.5 Å². The highest BCUT2D eigenvalue weighted by Gasteiger charge is 2.22. The molecule has 1 amide bonds. The van der Waals surface area contributed by atoms with Gasteiger partial charge in [-0.25, -0.2) is 9.97 Å². The van der Waals surface area contributed by atoms with Gasteiger partial charge in [-0.1, -0.05) is 30.0 Å². The van der Waals surface area contributed by atoms with Gasteiger partial charge in [0.2, 0.25) is 0 Å². The lowest BCUT2D eigenvalue weighted by Crippen LogP contribution is -2.29. The summed E-state index contributed by atoms with van der Waals surface area (Å²) in [4.78, 5) is 25.7. The van der Waals surface area contributed by atoms with Crippen LogP contribution in [0.3, 0.4) is 0 Å². The Balaban J connectivity index is 1.20. The monoisotopic (exact) mass is 498 g/mol. The predicted molar refractivity (Wildman–Crippen MR) is 141 cm³/mol. The van der Waals surface area contributed by atoms with Crippen LogP contribution in [0.25, 0.3) is 11.0 Å². The molecule has 6 nitrogen and oxygen atoms in total. The van der Waals surface area contributed by atoms with E-state index in [2.05, 4.69) is 43.8 Å². The fourth-order valence-electron chi connectivity index (χ4n) is 4.33. The number of nitrogens with one attached hydrogen (secondary N) is 1. The molecule has 174 valence electrons. The van der Waals surface area contributed by atoms with Gasteiger partial charge in [0.05, 0.1) is 0 Å². The highest BCUT2D eigenvalue weighted by molar-refractivity contribution is 7.98. The van der Waals surface area contributed by atoms with Gasteiger partial charge >= 0.3 is 0 Å². The summed E-state index contributed by atoms with van der Waals surface area (Å²) in [6.45, 7) is 1.93. The molecule has 1 aliphatic heterocycles. The molecule has 0 radical (unpaired) electrons. The van der Waals surface area contributed by atoms with Gasteiger partial charge in [0.25, 0.3) is 5.91 Å². The molecule has 4 heterocycles. The number of benzene rings is 2. The number of thioether (sulfide) groups is 1. The molecule has 0 aliphatic carbocycles. The number of hydrogen-bond donors (Lipinski definition) is 1. The van der Waals surface area contributed by atoms with Gasteiger partial charge in [-0.05, 0) is 59.8 Å². The molecular formula is C27H22N4O2S2. The van der Waals surface area contributed by atoms with Gasteiger partial charge in [-0.3, -0.25) is 4.79 Å². The molecule has 0 saturated heterocycles. The lowest BCUT2D eigenvalue weighted by Gasteiger charge is -2.29. The first kappa shape index (κ1) is 21.9. The fraction of sp³-hybridized carbons (Fsp3) is 0.148. The van der Waals surface area contributed by atoms with Crippen LogP contribution in [0.5, 0.6) is 0 Å². The molecular weight excluding hydrogens is 476 g/mol. The van der Waals surface area contributed by atoms with Gasteiger partial charge in [-0.15, -0.1) is 11.3 Å². The molecule has 6 rings (SSSR count). The topological polar surface area (TPSA) is 71.3 Å². The second-order valence-electron chi connectivity index (χ2n) is 8.27. The number of aromatic nitrogens is 2. The molecule has 0 atom stereocenters. The van der Waals surface area contributed by atoms with Crippen molar-refractivity contribution in [3.05, 3.63) is 100 Å². The van der Waals surface area contributed by atoms with Crippen molar-refractivity contribution < 1.29 is 9.21 Å². The first-order chi connectivity index (χ1) is 17.2. The lowest BCUT2D eigenvalue weighted by molar-refractivity contribution is 0.0998. The summed E-state index contributed by atoms with van der Waals surface area (Å²) in [6.07, 6.45) is 4.50. The summed E-state index contributed by atoms with van der Waals surface area (Å²) in [5.74, 6) is 0.585. The highest BCUT2D eigenvalue weighted by Crippen LogP contribution is 2.32. The number of fused-ring (bicyclic) bond motifs is 2. The quantitative estimate of drug-likeness (QED) is 0.216. The van der Waals surface area contributed by atoms with Crippen molar-refractivity contribution in [3.63, 3.8) is 0 Å². The van der Waals surface area contributed by atoms with E-state index in [1.165, 1.54) is 22.2 Å². The number of amides is 1. The van der Waals surface area contributed by atoms with Crippen molar-refractivity contribution in [2.45, 2.75) is 23.9 Å². The molecule has 0 bridgehead atoms. The largest absolute Gasteiger partial charge is 0.451 e. The summed E-state index contributed by atoms with van der Waals surface area (Å²) in [7, 11) is 0. The molecule has 1 aliphatic rings. The van der Waals surface area contributed by atoms with Crippen LogP contribution in [0.2, 0.25) is 0 Å². The molecule has 0 fully saturated rings. The maximum absolute atomic E-state index is 13.3. The number of anilines is 2. The Morgan fingerprint density at radius 2 is 1.89 bits per heavy atom. The van der Waals surface area contributed by atoms with E-state index < -0.39 is 0 Å². The number of para-hydroxylation sites is 1. The molecule has 0 saturated carbocycles. The van der Waals surface area contributed by atoms with Gasteiger partial charge < -0.3 is 14.6 Å². The second-order valence-corrected chi connectivity index (χ2v) is 10.2. The van der Waals surface area contributed by atoms with E-state index in [1.807, 2.05) is 47.7 Å². The maximum Gasteiger partial charge on any atom is 0.291 e. The Kier molecular flexibility index (Phi) is 5.98. The van der Waals surface area contributed by atoms with Crippen LogP contribution in [0.15, 0.2) is 88.0 Å². The SMILES string of the molecule is O=C(Nc1ccc(N2CCc3sccc3C2)cc1)c1oc2ccccc2c1CSc1ncccn1. The Bertz CT molecular complexity index is 1480. The Hall–Kier alpha value is -3.62. The minimum Gasteiger partial charge on any atom is -0.451 e. The van der Waals surface area contributed by atoms with Crippen LogP contribution in [0.4, 0.5) is 11.4 Å². The third-order valence-corrected chi connectivity index (χ3v) is 8.02. The third kappa shape index (κ3) is 4.54. The molecule has 1 N–H and O–H groups in total. The molecule has 8 heteroatoms. The summed E-state index contributed by atoms with van der Waals surface area (Å²) in [5.41, 5.74) is 4.83. The van der Waals surface area contributed by atoms with Crippen molar-refractivity contribution in [1.82, 2.24) is 9.97 Å². The van der Waals surface area contributed by atoms with Gasteiger partial charge in [0.1, 0.15) is 5.58 Å². The highest BCUT2D eigenvalue weighted by atomic mass is 32.2. The van der Waals surface area contributed by atoms with E-state index in [-0.39, 0.29) is 5.91 Å². The zero-order valence-electron chi connectivity index (χ0n) is 18.8. The van der Waals surface area contributed by atoms with E-state index in [4.69, 9.17) is 4.42 Å². The van der Waals surface area contributed by atoms with Crippen LogP contribution in [-0.2, 0) is 18.7 Å². The summed E-state index contributed by atoms with van der Waals surface area (Å²) in [5, 5.41) is 6.77. The first-order valence-electron chi connectivity index (χ1n) is 11.4. The summed E-state index contributed by atoms with van der Waals surface area (Å²) in [6, 6.07) is 19.7. The number of carbonyl (C=O) groups is 1. The van der Waals surface area contributed by atoms with E-state index in [0.717, 1.165) is 41.8 Å². The number of furan rings is 1. The van der Waals surface area contributed by atoms with Crippen molar-refractivity contribution in [2.75, 3.05) is 16.8 Å². The molecule has 2 aromatic carbocycles. The standard InChI is InChI=1S/C27H22N4O2S2/c32-26(30-19-6-8-20(9-7-19)31-14-10-24-18(16-31)11-15-34-24)25-22(17-35-27-28-12-3-13-29-27)21-4-1-2-5-23(21)33-25/h1-9,11-13,15H,10,14,16-17H2,(H,30,32). The minimum absolute atomic E-state index is 0.264. The van der Waals surface area contributed by atoms with Crippen LogP contribution in [0.1, 0.15) is 26.6 Å². The van der Waals surface area contributed by atoms with E-state index in [0.29, 0.717) is 22.3 Å². The summed E-state index contributed by atoms with van der Waals surface area (Å²) >= 11 is 3.32. The number of hydrogen-bond acceptors (Lipinski definition) is 7. The van der Waals surface area contributed by atoms with Crippen molar-refractivity contribution in [2.24, 2.45) is 0 Å². The smallest absolute Gasteiger partial charge is 0.291 e. The number of rotatable bonds is 6. The van der Waals surface area contributed by atoms with Crippen LogP contribution in [-0.4, -0.2) is 22.4 Å². The third-order valence-electron chi connectivity index (χ3n) is 6.09. The first-order valence-corrected chi connectivity index (χ1v) is 13.2. The molecule has 3 aromatic heterocycles. The number of nitrogens with zero attached hydrogens (tertiary/aromatic N) is 3. The van der Waals surface area contributed by atoms with E-state index >= 15 is 0 Å². The minimum atomic E-state index is -0.264. The van der Waals surface area contributed by atoms with E-state index in [9.17, 15) is 4.79 Å². The average molecular weight is 499 g/mol. The Labute approximate surface area is 211 Å². The van der Waals surface area contributed by atoms with Crippen molar-refractivity contribution >= 4 is 51.3 Å². The molecule has 0 unspecified atom stereocenters.